The number of hydrogen-bond donors (Lipinski definition) is 1. The molecule has 0 bridgehead atoms. The topological polar surface area (TPSA) is 65.8 Å². The van der Waals surface area contributed by atoms with Crippen molar-refractivity contribution in [2.45, 2.75) is 38.5 Å². The van der Waals surface area contributed by atoms with Crippen LogP contribution in [0.25, 0.3) is 0 Å². The van der Waals surface area contributed by atoms with Crippen molar-refractivity contribution in [1.29, 1.82) is 5.26 Å². The molecule has 1 heterocycles. The molecule has 1 aromatic rings. The highest BCUT2D eigenvalue weighted by Gasteiger charge is 2.34. The number of nitrogens with zero attached hydrogens (tertiary/aromatic N) is 2. The Morgan fingerprint density at radius 1 is 1.58 bits per heavy atom. The standard InChI is InChI=1S/C13H16BrN3OS/c1-8-17-11(12(14)19-8)9-4-2-3-5-10(9)13(18)16-7-6-15/h9-10H,2-5,7H2,1H3,(H,16,18)/t9-,10-/m1/s1. The molecule has 102 valence electrons. The Bertz CT molecular complexity index is 508. The molecule has 19 heavy (non-hydrogen) atoms. The van der Waals surface area contributed by atoms with E-state index >= 15 is 0 Å². The SMILES string of the molecule is Cc1nc([C@@H]2CCCC[C@H]2C(=O)NCC#N)c(Br)s1. The minimum atomic E-state index is -0.0556. The zero-order valence-corrected chi connectivity index (χ0v) is 13.2. The monoisotopic (exact) mass is 341 g/mol. The number of carbonyl (C=O) groups is 1. The molecule has 0 radical (unpaired) electrons. The third-order valence-corrected chi connectivity index (χ3v) is 5.18. The molecule has 6 heteroatoms. The molecule has 1 saturated carbocycles. The molecule has 1 fully saturated rings. The summed E-state index contributed by atoms with van der Waals surface area (Å²) in [5, 5.41) is 12.3. The smallest absolute Gasteiger partial charge is 0.224 e. The average molecular weight is 342 g/mol. The van der Waals surface area contributed by atoms with Crippen LogP contribution in [0, 0.1) is 24.2 Å². The molecule has 1 amide bonds. The lowest BCUT2D eigenvalue weighted by molar-refractivity contribution is -0.126. The molecule has 0 aromatic carbocycles. The number of rotatable bonds is 3. The summed E-state index contributed by atoms with van der Waals surface area (Å²) in [6.07, 6.45) is 4.08. The van der Waals surface area contributed by atoms with E-state index < -0.39 is 0 Å². The summed E-state index contributed by atoms with van der Waals surface area (Å²) in [5.74, 6) is 0.107. The van der Waals surface area contributed by atoms with Crippen molar-refractivity contribution >= 4 is 33.2 Å². The van der Waals surface area contributed by atoms with Gasteiger partial charge in [0.15, 0.2) is 0 Å². The van der Waals surface area contributed by atoms with Gasteiger partial charge in [-0.15, -0.1) is 11.3 Å². The van der Waals surface area contributed by atoms with E-state index in [4.69, 9.17) is 5.26 Å². The van der Waals surface area contributed by atoms with E-state index in [1.807, 2.05) is 13.0 Å². The normalized spacial score (nSPS) is 22.8. The average Bonchev–Trinajstić information content (AvgIpc) is 2.75. The summed E-state index contributed by atoms with van der Waals surface area (Å²) in [7, 11) is 0. The summed E-state index contributed by atoms with van der Waals surface area (Å²) >= 11 is 5.17. The molecule has 1 N–H and O–H groups in total. The predicted octanol–water partition coefficient (Wildman–Crippen LogP) is 3.13. The van der Waals surface area contributed by atoms with Gasteiger partial charge in [0.1, 0.15) is 6.54 Å². The fourth-order valence-corrected chi connectivity index (χ4v) is 4.47. The van der Waals surface area contributed by atoms with E-state index in [0.29, 0.717) is 0 Å². The Hall–Kier alpha value is -0.930. The third kappa shape index (κ3) is 3.34. The second-order valence-corrected chi connectivity index (χ2v) is 7.29. The van der Waals surface area contributed by atoms with Crippen molar-refractivity contribution in [2.24, 2.45) is 5.92 Å². The van der Waals surface area contributed by atoms with E-state index in [2.05, 4.69) is 26.2 Å². The number of carbonyl (C=O) groups excluding carboxylic acids is 1. The first-order chi connectivity index (χ1) is 9.13. The summed E-state index contributed by atoms with van der Waals surface area (Å²) < 4.78 is 1.04. The highest BCUT2D eigenvalue weighted by atomic mass is 79.9. The lowest BCUT2D eigenvalue weighted by Crippen LogP contribution is -2.36. The quantitative estimate of drug-likeness (QED) is 0.859. The van der Waals surface area contributed by atoms with Crippen molar-refractivity contribution in [3.8, 4) is 6.07 Å². The van der Waals surface area contributed by atoms with E-state index in [9.17, 15) is 4.79 Å². The molecule has 1 aliphatic carbocycles. The number of aromatic nitrogens is 1. The molecular weight excluding hydrogens is 326 g/mol. The first-order valence-electron chi connectivity index (χ1n) is 6.41. The van der Waals surface area contributed by atoms with Crippen molar-refractivity contribution in [2.75, 3.05) is 6.54 Å². The summed E-state index contributed by atoms with van der Waals surface area (Å²) in [5.41, 5.74) is 1.01. The van der Waals surface area contributed by atoms with Crippen LogP contribution in [0.3, 0.4) is 0 Å². The zero-order valence-electron chi connectivity index (χ0n) is 10.8. The van der Waals surface area contributed by atoms with E-state index in [-0.39, 0.29) is 24.3 Å². The van der Waals surface area contributed by atoms with Crippen LogP contribution in [-0.4, -0.2) is 17.4 Å². The molecule has 1 aromatic heterocycles. The third-order valence-electron chi connectivity index (χ3n) is 3.51. The van der Waals surface area contributed by atoms with E-state index in [0.717, 1.165) is 40.2 Å². The Morgan fingerprint density at radius 2 is 2.32 bits per heavy atom. The van der Waals surface area contributed by atoms with E-state index in [1.54, 1.807) is 11.3 Å². The molecule has 1 aliphatic rings. The molecule has 0 saturated heterocycles. The maximum Gasteiger partial charge on any atom is 0.224 e. The molecule has 4 nitrogen and oxygen atoms in total. The first kappa shape index (κ1) is 14.5. The lowest BCUT2D eigenvalue weighted by Gasteiger charge is -2.29. The number of thiazole rings is 1. The van der Waals surface area contributed by atoms with Crippen LogP contribution in [0.15, 0.2) is 3.79 Å². The summed E-state index contributed by atoms with van der Waals surface area (Å²) in [6.45, 7) is 2.06. The van der Waals surface area contributed by atoms with Crippen LogP contribution >= 0.6 is 27.3 Å². The van der Waals surface area contributed by atoms with Gasteiger partial charge in [-0.1, -0.05) is 12.8 Å². The summed E-state index contributed by atoms with van der Waals surface area (Å²) in [6, 6.07) is 1.95. The van der Waals surface area contributed by atoms with Crippen molar-refractivity contribution in [3.63, 3.8) is 0 Å². The lowest BCUT2D eigenvalue weighted by atomic mass is 9.77. The van der Waals surface area contributed by atoms with Gasteiger partial charge in [-0.05, 0) is 35.7 Å². The molecule has 0 unspecified atom stereocenters. The molecule has 0 aliphatic heterocycles. The van der Waals surface area contributed by atoms with Gasteiger partial charge in [-0.2, -0.15) is 5.26 Å². The Balaban J connectivity index is 2.19. The molecule has 2 rings (SSSR count). The number of aryl methyl sites for hydroxylation is 1. The van der Waals surface area contributed by atoms with Gasteiger partial charge in [-0.25, -0.2) is 4.98 Å². The number of halogens is 1. The van der Waals surface area contributed by atoms with Crippen molar-refractivity contribution in [3.05, 3.63) is 14.5 Å². The van der Waals surface area contributed by atoms with Crippen LogP contribution in [0.1, 0.15) is 42.3 Å². The van der Waals surface area contributed by atoms with Gasteiger partial charge < -0.3 is 5.32 Å². The van der Waals surface area contributed by atoms with Gasteiger partial charge in [0.25, 0.3) is 0 Å². The number of hydrogen-bond acceptors (Lipinski definition) is 4. The van der Waals surface area contributed by atoms with Crippen molar-refractivity contribution < 1.29 is 4.79 Å². The van der Waals surface area contributed by atoms with Gasteiger partial charge in [0.2, 0.25) is 5.91 Å². The maximum atomic E-state index is 12.2. The first-order valence-corrected chi connectivity index (χ1v) is 8.02. The molecular formula is C13H16BrN3OS. The van der Waals surface area contributed by atoms with Gasteiger partial charge in [-0.3, -0.25) is 4.79 Å². The molecule has 2 atom stereocenters. The zero-order chi connectivity index (χ0) is 13.8. The fourth-order valence-electron chi connectivity index (χ4n) is 2.68. The second kappa shape index (κ2) is 6.49. The largest absolute Gasteiger partial charge is 0.343 e. The predicted molar refractivity (Wildman–Crippen MR) is 77.9 cm³/mol. The second-order valence-electron chi connectivity index (χ2n) is 4.77. The summed E-state index contributed by atoms with van der Waals surface area (Å²) in [4.78, 5) is 16.7. The van der Waals surface area contributed by atoms with Crippen LogP contribution in [-0.2, 0) is 4.79 Å². The van der Waals surface area contributed by atoms with Gasteiger partial charge >= 0.3 is 0 Å². The van der Waals surface area contributed by atoms with Crippen LogP contribution in [0.5, 0.6) is 0 Å². The Morgan fingerprint density at radius 3 is 2.95 bits per heavy atom. The Labute approximate surface area is 125 Å². The number of nitriles is 1. The van der Waals surface area contributed by atoms with E-state index in [1.165, 1.54) is 0 Å². The minimum Gasteiger partial charge on any atom is -0.343 e. The minimum absolute atomic E-state index is 0.0104. The van der Waals surface area contributed by atoms with Crippen LogP contribution < -0.4 is 5.32 Å². The van der Waals surface area contributed by atoms with Crippen LogP contribution in [0.2, 0.25) is 0 Å². The highest BCUT2D eigenvalue weighted by molar-refractivity contribution is 9.11. The number of amides is 1. The van der Waals surface area contributed by atoms with Crippen molar-refractivity contribution in [1.82, 2.24) is 10.3 Å². The van der Waals surface area contributed by atoms with Gasteiger partial charge in [0.05, 0.1) is 20.6 Å². The fraction of sp³-hybridized carbons (Fsp3) is 0.615. The van der Waals surface area contributed by atoms with Crippen LogP contribution in [0.4, 0.5) is 0 Å². The highest BCUT2D eigenvalue weighted by Crippen LogP contribution is 2.41. The number of nitrogens with one attached hydrogen (secondary N) is 1. The molecule has 0 spiro atoms. The Kier molecular flexibility index (Phi) is 4.94. The maximum absolute atomic E-state index is 12.2. The van der Waals surface area contributed by atoms with Gasteiger partial charge in [0, 0.05) is 11.8 Å².